The van der Waals surface area contributed by atoms with Gasteiger partial charge in [0.25, 0.3) is 11.8 Å². The van der Waals surface area contributed by atoms with E-state index in [1.807, 2.05) is 0 Å². The molecule has 0 saturated heterocycles. The second-order valence-electron chi connectivity index (χ2n) is 5.42. The Morgan fingerprint density at radius 2 is 1.92 bits per heavy atom. The molecule has 0 aliphatic rings. The number of pyridine rings is 1. The van der Waals surface area contributed by atoms with E-state index in [9.17, 15) is 9.59 Å². The number of fused-ring (bicyclic) bond motifs is 1. The highest BCUT2D eigenvalue weighted by molar-refractivity contribution is 6.33. The number of ether oxygens (including phenoxy) is 1. The van der Waals surface area contributed by atoms with Gasteiger partial charge in [-0.15, -0.1) is 0 Å². The fraction of sp³-hybridized carbons (Fsp3) is 0.167. The first-order valence-electron chi connectivity index (χ1n) is 7.92. The fourth-order valence-corrected chi connectivity index (χ4v) is 2.64. The van der Waals surface area contributed by atoms with E-state index in [4.69, 9.17) is 16.3 Å². The molecular weight excluding hydrogens is 356 g/mol. The molecule has 0 aliphatic heterocycles. The summed E-state index contributed by atoms with van der Waals surface area (Å²) in [5, 5.41) is 5.84. The van der Waals surface area contributed by atoms with E-state index in [1.54, 1.807) is 60.2 Å². The number of carbonyl (C=O) groups excluding carboxylic acids is 2. The quantitative estimate of drug-likeness (QED) is 0.651. The molecular formula is C18H17ClN4O3. The molecule has 0 bridgehead atoms. The summed E-state index contributed by atoms with van der Waals surface area (Å²) in [5.74, 6) is -0.741. The van der Waals surface area contributed by atoms with Crippen LogP contribution in [0, 0.1) is 0 Å². The largest absolute Gasteiger partial charge is 0.383 e. The van der Waals surface area contributed by atoms with Gasteiger partial charge in [-0.25, -0.2) is 4.98 Å². The Kier molecular flexibility index (Phi) is 5.50. The highest BCUT2D eigenvalue weighted by atomic mass is 35.5. The average molecular weight is 373 g/mol. The molecule has 26 heavy (non-hydrogen) atoms. The molecule has 0 atom stereocenters. The van der Waals surface area contributed by atoms with Crippen LogP contribution in [0.3, 0.4) is 0 Å². The Morgan fingerprint density at radius 1 is 1.15 bits per heavy atom. The van der Waals surface area contributed by atoms with E-state index in [0.29, 0.717) is 29.4 Å². The van der Waals surface area contributed by atoms with E-state index < -0.39 is 5.91 Å². The van der Waals surface area contributed by atoms with Crippen molar-refractivity contribution < 1.29 is 14.3 Å². The molecule has 0 spiro atoms. The van der Waals surface area contributed by atoms with Crippen LogP contribution in [0.5, 0.6) is 0 Å². The van der Waals surface area contributed by atoms with Crippen molar-refractivity contribution in [1.29, 1.82) is 0 Å². The molecule has 2 amide bonds. The minimum absolute atomic E-state index is 0.0948. The number of carbonyl (C=O) groups is 2. The molecule has 0 saturated carbocycles. The van der Waals surface area contributed by atoms with Gasteiger partial charge in [0.15, 0.2) is 5.69 Å². The van der Waals surface area contributed by atoms with Gasteiger partial charge in [0.2, 0.25) is 5.82 Å². The van der Waals surface area contributed by atoms with E-state index in [2.05, 4.69) is 15.6 Å². The summed E-state index contributed by atoms with van der Waals surface area (Å²) in [4.78, 5) is 29.3. The van der Waals surface area contributed by atoms with Crippen molar-refractivity contribution in [2.45, 2.75) is 0 Å². The number of amides is 2. The van der Waals surface area contributed by atoms with Crippen molar-refractivity contribution in [3.8, 4) is 0 Å². The van der Waals surface area contributed by atoms with Gasteiger partial charge < -0.3 is 15.4 Å². The molecule has 0 aliphatic carbocycles. The maximum atomic E-state index is 12.7. The molecule has 2 aromatic heterocycles. The SMILES string of the molecule is COCCNC(=O)c1nc(C(=O)Nc2ccccc2Cl)n2ccccc12. The number of anilines is 1. The lowest BCUT2D eigenvalue weighted by Gasteiger charge is -2.06. The third-order valence-electron chi connectivity index (χ3n) is 3.68. The number of nitrogens with zero attached hydrogens (tertiary/aromatic N) is 2. The predicted octanol–water partition coefficient (Wildman–Crippen LogP) is 2.62. The Hall–Kier alpha value is -2.90. The lowest BCUT2D eigenvalue weighted by molar-refractivity contribution is 0.0934. The van der Waals surface area contributed by atoms with Gasteiger partial charge in [0, 0.05) is 19.9 Å². The van der Waals surface area contributed by atoms with Crippen LogP contribution in [-0.4, -0.2) is 41.5 Å². The van der Waals surface area contributed by atoms with Crippen molar-refractivity contribution in [3.05, 3.63) is 65.2 Å². The van der Waals surface area contributed by atoms with Crippen LogP contribution in [0.15, 0.2) is 48.7 Å². The van der Waals surface area contributed by atoms with Crippen LogP contribution in [0.2, 0.25) is 5.02 Å². The second kappa shape index (κ2) is 7.99. The first-order chi connectivity index (χ1) is 12.6. The molecule has 0 fully saturated rings. The van der Waals surface area contributed by atoms with E-state index in [1.165, 1.54) is 0 Å². The minimum atomic E-state index is -0.463. The first kappa shape index (κ1) is 17.9. The lowest BCUT2D eigenvalue weighted by atomic mass is 10.3. The van der Waals surface area contributed by atoms with Gasteiger partial charge in [-0.2, -0.15) is 0 Å². The molecule has 0 radical (unpaired) electrons. The number of hydrogen-bond donors (Lipinski definition) is 2. The standard InChI is InChI=1S/C18H17ClN4O3/c1-26-11-9-20-17(24)15-14-8-4-5-10-23(14)16(22-15)18(25)21-13-7-3-2-6-12(13)19/h2-8,10H,9,11H2,1H3,(H,20,24)(H,21,25). The van der Waals surface area contributed by atoms with Gasteiger partial charge in [-0.05, 0) is 24.3 Å². The van der Waals surface area contributed by atoms with Gasteiger partial charge in [-0.1, -0.05) is 29.8 Å². The predicted molar refractivity (Wildman–Crippen MR) is 98.8 cm³/mol. The van der Waals surface area contributed by atoms with Crippen LogP contribution in [-0.2, 0) is 4.74 Å². The number of imidazole rings is 1. The molecule has 134 valence electrons. The van der Waals surface area contributed by atoms with Crippen LogP contribution in [0.1, 0.15) is 21.1 Å². The summed E-state index contributed by atoms with van der Waals surface area (Å²) in [5.41, 5.74) is 1.18. The lowest BCUT2D eigenvalue weighted by Crippen LogP contribution is -2.27. The normalized spacial score (nSPS) is 10.7. The van der Waals surface area contributed by atoms with Crippen LogP contribution >= 0.6 is 11.6 Å². The van der Waals surface area contributed by atoms with Crippen molar-refractivity contribution in [2.24, 2.45) is 0 Å². The van der Waals surface area contributed by atoms with Crippen molar-refractivity contribution in [2.75, 3.05) is 25.6 Å². The number of hydrogen-bond acceptors (Lipinski definition) is 4. The molecule has 2 heterocycles. The Bertz CT molecular complexity index is 955. The highest BCUT2D eigenvalue weighted by Crippen LogP contribution is 2.22. The van der Waals surface area contributed by atoms with Gasteiger partial charge in [0.05, 0.1) is 22.8 Å². The molecule has 3 rings (SSSR count). The molecule has 7 nitrogen and oxygen atoms in total. The third-order valence-corrected chi connectivity index (χ3v) is 4.01. The van der Waals surface area contributed by atoms with Crippen LogP contribution < -0.4 is 10.6 Å². The van der Waals surface area contributed by atoms with Crippen molar-refractivity contribution in [1.82, 2.24) is 14.7 Å². The number of aromatic nitrogens is 2. The van der Waals surface area contributed by atoms with Gasteiger partial charge in [0.1, 0.15) is 0 Å². The summed E-state index contributed by atoms with van der Waals surface area (Å²) < 4.78 is 6.49. The van der Waals surface area contributed by atoms with Crippen LogP contribution in [0.4, 0.5) is 5.69 Å². The highest BCUT2D eigenvalue weighted by Gasteiger charge is 2.21. The fourth-order valence-electron chi connectivity index (χ4n) is 2.46. The zero-order valence-corrected chi connectivity index (χ0v) is 14.8. The minimum Gasteiger partial charge on any atom is -0.383 e. The maximum Gasteiger partial charge on any atom is 0.292 e. The molecule has 1 aromatic carbocycles. The van der Waals surface area contributed by atoms with Crippen LogP contribution in [0.25, 0.3) is 5.52 Å². The van der Waals surface area contributed by atoms with E-state index >= 15 is 0 Å². The smallest absolute Gasteiger partial charge is 0.292 e. The number of halogens is 1. The average Bonchev–Trinajstić information content (AvgIpc) is 3.04. The van der Waals surface area contributed by atoms with E-state index in [0.717, 1.165) is 0 Å². The Morgan fingerprint density at radius 3 is 2.69 bits per heavy atom. The number of methoxy groups -OCH3 is 1. The summed E-state index contributed by atoms with van der Waals surface area (Å²) >= 11 is 6.08. The summed E-state index contributed by atoms with van der Waals surface area (Å²) in [6, 6.07) is 12.2. The monoisotopic (exact) mass is 372 g/mol. The first-order valence-corrected chi connectivity index (χ1v) is 8.29. The zero-order valence-electron chi connectivity index (χ0n) is 14.0. The topological polar surface area (TPSA) is 84.7 Å². The Labute approximate surface area is 154 Å². The second-order valence-corrected chi connectivity index (χ2v) is 5.83. The van der Waals surface area contributed by atoms with Crippen molar-refractivity contribution in [3.63, 3.8) is 0 Å². The Balaban J connectivity index is 1.92. The maximum absolute atomic E-state index is 12.7. The summed E-state index contributed by atoms with van der Waals surface area (Å²) in [6.07, 6.45) is 1.68. The molecule has 0 unspecified atom stereocenters. The summed E-state index contributed by atoms with van der Waals surface area (Å²) in [7, 11) is 1.55. The number of para-hydroxylation sites is 1. The van der Waals surface area contributed by atoms with E-state index in [-0.39, 0.29) is 17.4 Å². The number of benzene rings is 1. The molecule has 2 N–H and O–H groups in total. The molecule has 8 heteroatoms. The third kappa shape index (κ3) is 3.68. The number of nitrogens with one attached hydrogen (secondary N) is 2. The van der Waals surface area contributed by atoms with Gasteiger partial charge >= 0.3 is 0 Å². The molecule has 3 aromatic rings. The zero-order chi connectivity index (χ0) is 18.5. The number of rotatable bonds is 6. The van der Waals surface area contributed by atoms with Gasteiger partial charge in [-0.3, -0.25) is 14.0 Å². The summed E-state index contributed by atoms with van der Waals surface area (Å²) in [6.45, 7) is 0.736. The van der Waals surface area contributed by atoms with Crippen molar-refractivity contribution >= 4 is 34.6 Å².